The van der Waals surface area contributed by atoms with E-state index in [0.29, 0.717) is 32.2 Å². The van der Waals surface area contributed by atoms with Crippen LogP contribution in [0.2, 0.25) is 0 Å². The maximum absolute atomic E-state index is 12.7. The second kappa shape index (κ2) is 10.8. The Balaban J connectivity index is 1.77. The smallest absolute Gasteiger partial charge is 0.335 e. The van der Waals surface area contributed by atoms with Crippen LogP contribution in [0, 0.1) is 0 Å². The largest absolute Gasteiger partial charge is 0.507 e. The monoisotopic (exact) mass is 609 g/mol. The van der Waals surface area contributed by atoms with Crippen LogP contribution < -0.4 is 10.1 Å². The Morgan fingerprint density at radius 3 is 2.29 bits per heavy atom. The number of carbonyl (C=O) groups excluding carboxylic acids is 1. The first-order chi connectivity index (χ1) is 15.9. The van der Waals surface area contributed by atoms with E-state index < -0.39 is 19.0 Å². The van der Waals surface area contributed by atoms with Crippen LogP contribution >= 0.6 is 39.0 Å². The number of hydrogen-bond donors (Lipinski definition) is 3. The number of benzene rings is 3. The maximum atomic E-state index is 12.7. The van der Waals surface area contributed by atoms with Gasteiger partial charge in [0.25, 0.3) is 5.91 Å². The number of hydrogen-bond acceptors (Lipinski definition) is 5. The van der Waals surface area contributed by atoms with Crippen LogP contribution in [0.15, 0.2) is 63.5 Å². The van der Waals surface area contributed by atoms with Crippen molar-refractivity contribution in [2.75, 3.05) is 13.3 Å². The number of carboxylic acids is 1. The van der Waals surface area contributed by atoms with Crippen molar-refractivity contribution in [1.82, 2.24) is 5.32 Å². The fourth-order valence-corrected chi connectivity index (χ4v) is 5.72. The van der Waals surface area contributed by atoms with Gasteiger partial charge < -0.3 is 24.8 Å². The van der Waals surface area contributed by atoms with Crippen LogP contribution in [0.25, 0.3) is 0 Å². The number of carboxylic acid groups (broad SMARTS) is 1. The Kier molecular flexibility index (Phi) is 8.23. The Morgan fingerprint density at radius 2 is 1.68 bits per heavy atom. The molecular weight excluding hydrogens is 589 g/mol. The molecular formula is C24H22Br2NO6P. The van der Waals surface area contributed by atoms with E-state index in [-0.39, 0.29) is 23.4 Å². The predicted octanol–water partition coefficient (Wildman–Crippen LogP) is 6.46. The van der Waals surface area contributed by atoms with Crippen LogP contribution in [-0.4, -0.2) is 35.4 Å². The molecule has 0 fully saturated rings. The van der Waals surface area contributed by atoms with E-state index in [9.17, 15) is 19.3 Å². The molecule has 7 nitrogen and oxygen atoms in total. The molecule has 3 rings (SSSR count). The zero-order chi connectivity index (χ0) is 25.0. The lowest BCUT2D eigenvalue weighted by atomic mass is 10.1. The van der Waals surface area contributed by atoms with Crippen LogP contribution in [0.3, 0.4) is 0 Å². The molecule has 34 heavy (non-hydrogen) atoms. The van der Waals surface area contributed by atoms with E-state index in [1.54, 1.807) is 25.5 Å². The van der Waals surface area contributed by atoms with Crippen molar-refractivity contribution >= 4 is 50.9 Å². The summed E-state index contributed by atoms with van der Waals surface area (Å²) in [7, 11) is -2.25. The van der Waals surface area contributed by atoms with Crippen LogP contribution in [0.5, 0.6) is 17.2 Å². The highest BCUT2D eigenvalue weighted by atomic mass is 79.9. The second-order valence-corrected chi connectivity index (χ2v) is 13.3. The van der Waals surface area contributed by atoms with Gasteiger partial charge in [-0.15, -0.1) is 0 Å². The molecule has 3 N–H and O–H groups in total. The molecule has 0 unspecified atom stereocenters. The zero-order valence-electron chi connectivity index (χ0n) is 18.3. The number of carbonyl (C=O) groups is 2. The average molecular weight is 611 g/mol. The first-order valence-electron chi connectivity index (χ1n) is 10.1. The lowest BCUT2D eigenvalue weighted by Crippen LogP contribution is -2.23. The van der Waals surface area contributed by atoms with Crippen molar-refractivity contribution in [1.29, 1.82) is 0 Å². The Bertz CT molecular complexity index is 1280. The van der Waals surface area contributed by atoms with Crippen LogP contribution in [0.4, 0.5) is 0 Å². The number of phenolic OH excluding ortho intramolecular Hbond substituents is 1. The summed E-state index contributed by atoms with van der Waals surface area (Å²) in [5.74, 6) is -1.03. The third-order valence-electron chi connectivity index (χ3n) is 4.68. The predicted molar refractivity (Wildman–Crippen MR) is 138 cm³/mol. The van der Waals surface area contributed by atoms with Crippen molar-refractivity contribution in [3.63, 3.8) is 0 Å². The molecule has 0 aliphatic carbocycles. The van der Waals surface area contributed by atoms with Crippen molar-refractivity contribution in [3.8, 4) is 17.2 Å². The number of rotatable bonds is 8. The molecule has 0 aromatic heterocycles. The topological polar surface area (TPSA) is 113 Å². The van der Waals surface area contributed by atoms with Gasteiger partial charge in [0.2, 0.25) is 0 Å². The summed E-state index contributed by atoms with van der Waals surface area (Å²) < 4.78 is 19.4. The molecule has 0 radical (unpaired) electrons. The fourth-order valence-electron chi connectivity index (χ4n) is 3.21. The molecule has 3 aromatic rings. The molecule has 0 saturated heterocycles. The third kappa shape index (κ3) is 6.95. The number of aromatic carboxylic acids is 1. The first kappa shape index (κ1) is 26.0. The fraction of sp³-hybridized carbons (Fsp3) is 0.167. The van der Waals surface area contributed by atoms with E-state index in [0.717, 1.165) is 5.56 Å². The third-order valence-corrected chi connectivity index (χ3v) is 6.99. The van der Waals surface area contributed by atoms with Crippen LogP contribution in [0.1, 0.15) is 31.8 Å². The summed E-state index contributed by atoms with van der Waals surface area (Å²) >= 11 is 6.95. The van der Waals surface area contributed by atoms with Gasteiger partial charge in [-0.2, -0.15) is 0 Å². The van der Waals surface area contributed by atoms with E-state index in [1.165, 1.54) is 30.3 Å². The van der Waals surface area contributed by atoms with Gasteiger partial charge in [0.05, 0.1) is 27.2 Å². The molecule has 178 valence electrons. The minimum Gasteiger partial charge on any atom is -0.507 e. The number of nitrogens with one attached hydrogen (secondary N) is 1. The number of amides is 1. The van der Waals surface area contributed by atoms with Crippen molar-refractivity contribution in [2.24, 2.45) is 0 Å². The Morgan fingerprint density at radius 1 is 1.00 bits per heavy atom. The van der Waals surface area contributed by atoms with Gasteiger partial charge in [0.15, 0.2) is 5.75 Å². The molecule has 0 saturated carbocycles. The number of aromatic hydroxyl groups is 1. The Labute approximate surface area is 213 Å². The highest BCUT2D eigenvalue weighted by Gasteiger charge is 2.17. The van der Waals surface area contributed by atoms with Crippen molar-refractivity contribution in [2.45, 2.75) is 12.7 Å². The zero-order valence-corrected chi connectivity index (χ0v) is 22.4. The highest BCUT2D eigenvalue weighted by Crippen LogP contribution is 2.44. The molecule has 1 amide bonds. The van der Waals surface area contributed by atoms with Crippen molar-refractivity contribution in [3.05, 3.63) is 85.8 Å². The second-order valence-electron chi connectivity index (χ2n) is 8.09. The lowest BCUT2D eigenvalue weighted by molar-refractivity contribution is 0.0696. The van der Waals surface area contributed by atoms with E-state index in [1.807, 2.05) is 12.1 Å². The summed E-state index contributed by atoms with van der Waals surface area (Å²) in [6.45, 7) is 3.54. The normalized spacial score (nSPS) is 11.2. The average Bonchev–Trinajstić information content (AvgIpc) is 2.74. The quantitative estimate of drug-likeness (QED) is 0.252. The number of halogens is 2. The van der Waals surface area contributed by atoms with E-state index in [2.05, 4.69) is 37.2 Å². The molecule has 10 heteroatoms. The van der Waals surface area contributed by atoms with E-state index >= 15 is 0 Å². The summed E-state index contributed by atoms with van der Waals surface area (Å²) in [6, 6.07) is 14.2. The number of ether oxygens (including phenoxy) is 1. The molecule has 0 aliphatic rings. The van der Waals surface area contributed by atoms with Crippen LogP contribution in [-0.2, 0) is 17.3 Å². The maximum Gasteiger partial charge on any atom is 0.335 e. The molecule has 3 aromatic carbocycles. The standard InChI is InChI=1S/C24H22Br2NO6P/c1-34(2,32)13-15-9-19(25)22(20(26)10-15)33-17-6-7-21(28)18(11-17)23(29)27-12-14-4-3-5-16(8-14)24(30)31/h3-11,28H,12-13H2,1-2H3,(H,27,29)(H,30,31). The Hall–Kier alpha value is -2.61. The minimum absolute atomic E-state index is 0.00802. The number of phenols is 1. The summed E-state index contributed by atoms with van der Waals surface area (Å²) in [5, 5.41) is 22.0. The molecule has 0 bridgehead atoms. The molecule has 0 atom stereocenters. The first-order valence-corrected chi connectivity index (χ1v) is 14.4. The van der Waals surface area contributed by atoms with Gasteiger partial charge in [-0.1, -0.05) is 12.1 Å². The highest BCUT2D eigenvalue weighted by molar-refractivity contribution is 9.11. The molecule has 0 aliphatic heterocycles. The molecule has 0 spiro atoms. The van der Waals surface area contributed by atoms with Gasteiger partial charge in [-0.25, -0.2) is 4.79 Å². The van der Waals surface area contributed by atoms with Gasteiger partial charge in [-0.3, -0.25) is 4.79 Å². The summed E-state index contributed by atoms with van der Waals surface area (Å²) in [4.78, 5) is 23.8. The lowest BCUT2D eigenvalue weighted by Gasteiger charge is -2.14. The summed E-state index contributed by atoms with van der Waals surface area (Å²) in [6.07, 6.45) is 0.448. The van der Waals surface area contributed by atoms with Gasteiger partial charge in [0.1, 0.15) is 11.5 Å². The summed E-state index contributed by atoms with van der Waals surface area (Å²) in [5.41, 5.74) is 1.62. The van der Waals surface area contributed by atoms with Gasteiger partial charge in [0, 0.05) is 12.7 Å². The van der Waals surface area contributed by atoms with Crippen molar-refractivity contribution < 1.29 is 29.1 Å². The van der Waals surface area contributed by atoms with E-state index in [4.69, 9.17) is 9.84 Å². The van der Waals surface area contributed by atoms with Gasteiger partial charge in [-0.05, 0) is 98.8 Å². The molecule has 0 heterocycles. The van der Waals surface area contributed by atoms with Gasteiger partial charge >= 0.3 is 5.97 Å². The SMILES string of the molecule is CP(C)(=O)Cc1cc(Br)c(Oc2ccc(O)c(C(=O)NCc3cccc(C(=O)O)c3)c2)c(Br)c1. The minimum atomic E-state index is -2.25.